The second-order valence-electron chi connectivity index (χ2n) is 12.6. The lowest BCUT2D eigenvalue weighted by atomic mass is 9.78. The fourth-order valence-corrected chi connectivity index (χ4v) is 5.72. The third kappa shape index (κ3) is 6.62. The van der Waals surface area contributed by atoms with Crippen molar-refractivity contribution in [2.24, 2.45) is 10.2 Å². The Labute approximate surface area is 236 Å². The van der Waals surface area contributed by atoms with E-state index in [0.717, 1.165) is 31.2 Å². The summed E-state index contributed by atoms with van der Waals surface area (Å²) in [5.41, 5.74) is 3.03. The summed E-state index contributed by atoms with van der Waals surface area (Å²) < 4.78 is 3.75. The van der Waals surface area contributed by atoms with Crippen LogP contribution in [0, 0.1) is 0 Å². The number of carbonyl (C=O) groups excluding carboxylic acids is 1. The van der Waals surface area contributed by atoms with Crippen molar-refractivity contribution in [2.45, 2.75) is 58.9 Å². The first-order valence-electron chi connectivity index (χ1n) is 12.1. The lowest BCUT2D eigenvalue weighted by Crippen LogP contribution is -2.38. The van der Waals surface area contributed by atoms with E-state index in [4.69, 9.17) is 0 Å². The van der Waals surface area contributed by atoms with Crippen LogP contribution in [0.2, 0.25) is 0 Å². The van der Waals surface area contributed by atoms with Gasteiger partial charge in [-0.2, -0.15) is 0 Å². The molecule has 200 valence electrons. The molecule has 9 heteroatoms. The number of phenols is 1. The lowest BCUT2D eigenvalue weighted by Gasteiger charge is -2.28. The number of nitrogens with zero attached hydrogens (tertiary/aromatic N) is 4. The summed E-state index contributed by atoms with van der Waals surface area (Å²) >= 11 is 7.16. The number of hydrogen-bond acceptors (Lipinski definition) is 4. The van der Waals surface area contributed by atoms with Gasteiger partial charge in [-0.05, 0) is 67.7 Å². The van der Waals surface area contributed by atoms with E-state index in [9.17, 15) is 15.0 Å². The van der Waals surface area contributed by atoms with Crippen molar-refractivity contribution in [1.82, 2.24) is 4.57 Å². The largest absolute Gasteiger partial charge is 0.507 e. The number of rotatable bonds is 5. The van der Waals surface area contributed by atoms with Gasteiger partial charge in [-0.15, -0.1) is 10.2 Å². The van der Waals surface area contributed by atoms with Crippen molar-refractivity contribution in [2.75, 3.05) is 27.7 Å². The zero-order valence-electron chi connectivity index (χ0n) is 23.1. The summed E-state index contributed by atoms with van der Waals surface area (Å²) in [6, 6.07) is 7.75. The highest BCUT2D eigenvalue weighted by Crippen LogP contribution is 2.45. The number of hydrogen-bond donors (Lipinski definition) is 2. The summed E-state index contributed by atoms with van der Waals surface area (Å²) in [7, 11) is 5.71. The van der Waals surface area contributed by atoms with E-state index < -0.39 is 0 Å². The van der Waals surface area contributed by atoms with Crippen LogP contribution < -0.4 is 0 Å². The fourth-order valence-electron chi connectivity index (χ4n) is 4.28. The zero-order valence-corrected chi connectivity index (χ0v) is 26.2. The highest BCUT2D eigenvalue weighted by atomic mass is 79.9. The summed E-state index contributed by atoms with van der Waals surface area (Å²) in [6.45, 7) is 12.9. The number of halogens is 2. The van der Waals surface area contributed by atoms with Crippen LogP contribution in [0.4, 0.5) is 5.69 Å². The molecule has 37 heavy (non-hydrogen) atoms. The van der Waals surface area contributed by atoms with Crippen molar-refractivity contribution in [3.05, 3.63) is 49.9 Å². The van der Waals surface area contributed by atoms with Gasteiger partial charge >= 0.3 is 5.91 Å². The number of benzene rings is 2. The van der Waals surface area contributed by atoms with Gasteiger partial charge in [0.2, 0.25) is 5.88 Å². The van der Waals surface area contributed by atoms with Crippen molar-refractivity contribution in [1.29, 1.82) is 0 Å². The molecule has 1 amide bonds. The maximum atomic E-state index is 12.4. The Hall–Kier alpha value is -2.23. The van der Waals surface area contributed by atoms with Crippen LogP contribution in [0.25, 0.3) is 10.9 Å². The molecule has 1 aromatic heterocycles. The smallest absolute Gasteiger partial charge is 0.319 e. The second kappa shape index (κ2) is 10.2. The standard InChI is InChI=1S/C28H36Br2N4O3/c1-27(2,3)19-10-16(11-20(25(19)36)28(4,5)6)14-33-24-18(12-17(29)13-21(24)30)23(26(33)37)32-31-22(35)15-34(7,8)9/h10-13H,14-15H2,1-9H3,(H-,31,35,36,37)/p+1. The molecule has 0 saturated heterocycles. The predicted molar refractivity (Wildman–Crippen MR) is 156 cm³/mol. The van der Waals surface area contributed by atoms with Crippen molar-refractivity contribution in [3.8, 4) is 11.6 Å². The summed E-state index contributed by atoms with van der Waals surface area (Å²) in [4.78, 5) is 12.4. The van der Waals surface area contributed by atoms with Gasteiger partial charge in [-0.1, -0.05) is 57.5 Å². The number of phenolic OH excluding ortho intramolecular Hbond substituents is 1. The van der Waals surface area contributed by atoms with Crippen LogP contribution >= 0.6 is 31.9 Å². The zero-order chi connectivity index (χ0) is 28.1. The molecular formula is C28H37Br2N4O3+. The summed E-state index contributed by atoms with van der Waals surface area (Å²) in [5, 5.41) is 31.3. The molecule has 0 aliphatic heterocycles. The minimum absolute atomic E-state index is 0.0849. The highest BCUT2D eigenvalue weighted by Gasteiger charge is 2.28. The van der Waals surface area contributed by atoms with Gasteiger partial charge in [0.25, 0.3) is 0 Å². The monoisotopic (exact) mass is 635 g/mol. The van der Waals surface area contributed by atoms with E-state index in [0.29, 0.717) is 22.2 Å². The maximum Gasteiger partial charge on any atom is 0.319 e. The second-order valence-corrected chi connectivity index (χ2v) is 14.4. The molecule has 0 fully saturated rings. The molecule has 0 saturated carbocycles. The normalized spacial score (nSPS) is 13.2. The van der Waals surface area contributed by atoms with Gasteiger partial charge in [0, 0.05) is 14.3 Å². The molecule has 2 N–H and O–H groups in total. The maximum absolute atomic E-state index is 12.4. The van der Waals surface area contributed by atoms with Crippen LogP contribution in [-0.2, 0) is 22.2 Å². The van der Waals surface area contributed by atoms with Gasteiger partial charge in [0.15, 0.2) is 12.2 Å². The molecule has 2 aromatic carbocycles. The Bertz CT molecular complexity index is 1350. The van der Waals surface area contributed by atoms with E-state index in [1.807, 2.05) is 45.4 Å². The molecule has 7 nitrogen and oxygen atoms in total. The molecule has 0 aliphatic rings. The molecule has 0 radical (unpaired) electrons. The molecule has 3 rings (SSSR count). The van der Waals surface area contributed by atoms with Crippen molar-refractivity contribution >= 4 is 54.4 Å². The molecule has 0 atom stereocenters. The number of aromatic nitrogens is 1. The van der Waals surface area contributed by atoms with Crippen molar-refractivity contribution < 1.29 is 19.5 Å². The van der Waals surface area contributed by atoms with E-state index in [-0.39, 0.29) is 34.8 Å². The van der Waals surface area contributed by atoms with E-state index in [2.05, 4.69) is 83.6 Å². The van der Waals surface area contributed by atoms with Gasteiger partial charge in [0.05, 0.1) is 33.2 Å². The van der Waals surface area contributed by atoms with Gasteiger partial charge in [-0.3, -0.25) is 4.79 Å². The summed E-state index contributed by atoms with van der Waals surface area (Å²) in [5.74, 6) is -0.149. The topological polar surface area (TPSA) is 87.2 Å². The number of azo groups is 1. The number of amides is 1. The lowest BCUT2D eigenvalue weighted by molar-refractivity contribution is -0.862. The Morgan fingerprint density at radius 3 is 1.97 bits per heavy atom. The van der Waals surface area contributed by atoms with Gasteiger partial charge in [0.1, 0.15) is 5.75 Å². The number of fused-ring (bicyclic) bond motifs is 1. The van der Waals surface area contributed by atoms with Crippen LogP contribution in [0.5, 0.6) is 11.6 Å². The Morgan fingerprint density at radius 2 is 1.49 bits per heavy atom. The van der Waals surface area contributed by atoms with Crippen molar-refractivity contribution in [3.63, 3.8) is 0 Å². The molecule has 0 bridgehead atoms. The molecular weight excluding hydrogens is 600 g/mol. The quantitative estimate of drug-likeness (QED) is 0.224. The number of quaternary nitrogens is 1. The first kappa shape index (κ1) is 29.3. The first-order valence-corrected chi connectivity index (χ1v) is 13.7. The first-order chi connectivity index (χ1) is 16.8. The fraction of sp³-hybridized carbons (Fsp3) is 0.464. The number of carbonyl (C=O) groups is 1. The number of aromatic hydroxyl groups is 2. The van der Waals surface area contributed by atoms with E-state index in [1.165, 1.54) is 0 Å². The van der Waals surface area contributed by atoms with Crippen LogP contribution in [0.15, 0.2) is 43.4 Å². The van der Waals surface area contributed by atoms with Gasteiger partial charge < -0.3 is 19.3 Å². The van der Waals surface area contributed by atoms with Gasteiger partial charge in [-0.25, -0.2) is 0 Å². The summed E-state index contributed by atoms with van der Waals surface area (Å²) in [6.07, 6.45) is 0. The third-order valence-electron chi connectivity index (χ3n) is 6.02. The minimum Gasteiger partial charge on any atom is -0.507 e. The third-order valence-corrected chi connectivity index (χ3v) is 7.08. The molecule has 0 spiro atoms. The molecule has 0 unspecified atom stereocenters. The van der Waals surface area contributed by atoms with Crippen LogP contribution in [0.1, 0.15) is 58.2 Å². The average molecular weight is 637 g/mol. The van der Waals surface area contributed by atoms with E-state index >= 15 is 0 Å². The Balaban J connectivity index is 2.22. The molecule has 1 heterocycles. The van der Waals surface area contributed by atoms with Crippen LogP contribution in [-0.4, -0.2) is 52.9 Å². The Morgan fingerprint density at radius 1 is 0.946 bits per heavy atom. The highest BCUT2D eigenvalue weighted by molar-refractivity contribution is 9.11. The molecule has 0 aliphatic carbocycles. The predicted octanol–water partition coefficient (Wildman–Crippen LogP) is 7.54. The Kier molecular flexibility index (Phi) is 8.05. The number of likely N-dealkylation sites (N-methyl/N-ethyl adjacent to an activating group) is 1. The van der Waals surface area contributed by atoms with Crippen LogP contribution in [0.3, 0.4) is 0 Å². The van der Waals surface area contributed by atoms with E-state index in [1.54, 1.807) is 4.57 Å². The SMILES string of the molecule is CC(C)(C)c1cc(Cn2c(O)c(N=NC(=O)C[N+](C)(C)C)c3cc(Br)cc(Br)c32)cc(C(C)(C)C)c1O. The average Bonchev–Trinajstić information content (AvgIpc) is 2.95. The minimum atomic E-state index is -0.370. The molecule has 3 aromatic rings.